The van der Waals surface area contributed by atoms with Crippen molar-refractivity contribution < 1.29 is 51.9 Å². The van der Waals surface area contributed by atoms with Gasteiger partial charge in [0.2, 0.25) is 0 Å². The summed E-state index contributed by atoms with van der Waals surface area (Å²) in [7, 11) is 0.615. The van der Waals surface area contributed by atoms with Crippen LogP contribution in [-0.4, -0.2) is 79.9 Å². The fourth-order valence-corrected chi connectivity index (χ4v) is 3.14. The Balaban J connectivity index is 5.29. The highest BCUT2D eigenvalue weighted by Crippen LogP contribution is 2.38. The van der Waals surface area contributed by atoms with Gasteiger partial charge in [-0.2, -0.15) is 0 Å². The van der Waals surface area contributed by atoms with E-state index < -0.39 is 73.2 Å². The molecule has 206 valence electrons. The van der Waals surface area contributed by atoms with Crippen molar-refractivity contribution in [2.45, 2.75) is 45.6 Å². The number of carbonyl (C=O) groups is 2. The molecule has 0 aliphatic rings. The molecule has 0 amide bonds. The Hall–Kier alpha value is -2.71. The molecule has 0 heterocycles. The highest BCUT2D eigenvalue weighted by Gasteiger charge is 2.25. The first-order chi connectivity index (χ1) is 16.6. The minimum atomic E-state index is -4.83. The second kappa shape index (κ2) is 16.1. The molecule has 0 aromatic rings. The van der Waals surface area contributed by atoms with Crippen molar-refractivity contribution in [2.24, 2.45) is 0 Å². The van der Waals surface area contributed by atoms with E-state index in [1.807, 2.05) is 21.1 Å². The molecule has 0 saturated carbocycles. The summed E-state index contributed by atoms with van der Waals surface area (Å²) in [4.78, 5) is 56.8. The van der Waals surface area contributed by atoms with Crippen molar-refractivity contribution in [2.75, 3.05) is 47.5 Å². The van der Waals surface area contributed by atoms with Crippen LogP contribution in [0, 0.1) is 20.2 Å². The van der Waals surface area contributed by atoms with Gasteiger partial charge in [-0.05, 0) is 25.0 Å². The molecule has 0 radical (unpaired) electrons. The van der Waals surface area contributed by atoms with Gasteiger partial charge in [-0.1, -0.05) is 13.8 Å². The molecule has 0 N–H and O–H groups in total. The summed E-state index contributed by atoms with van der Waals surface area (Å²) in [5.74, 6) is -2.13. The SMILES string of the molecule is CC/C=C(\CC(=O)OCC(COP(=O)([O-])OCC[N+](C)(C)C)OC(=O)C/C(=C\CC)[N+](=O)[O-])[N+](=O)[O-]. The molecule has 0 aromatic carbocycles. The quantitative estimate of drug-likeness (QED) is 0.0802. The van der Waals surface area contributed by atoms with Crippen LogP contribution in [0.15, 0.2) is 23.5 Å². The molecule has 0 spiro atoms. The molecule has 0 fully saturated rings. The number of likely N-dealkylation sites (N-methyl/N-ethyl adjacent to an activating group) is 1. The Morgan fingerprint density at radius 2 is 1.42 bits per heavy atom. The van der Waals surface area contributed by atoms with Gasteiger partial charge in [0.05, 0.1) is 37.6 Å². The molecular weight excluding hydrogens is 505 g/mol. The predicted molar refractivity (Wildman–Crippen MR) is 123 cm³/mol. The first-order valence-corrected chi connectivity index (χ1v) is 12.5. The van der Waals surface area contributed by atoms with Gasteiger partial charge < -0.3 is 27.9 Å². The van der Waals surface area contributed by atoms with E-state index in [9.17, 15) is 39.3 Å². The number of hydrogen-bond acceptors (Lipinski definition) is 12. The van der Waals surface area contributed by atoms with E-state index in [1.54, 1.807) is 13.8 Å². The topological polar surface area (TPSA) is 197 Å². The van der Waals surface area contributed by atoms with Gasteiger partial charge in [0.25, 0.3) is 19.2 Å². The number of esters is 2. The van der Waals surface area contributed by atoms with Crippen LogP contribution < -0.4 is 4.89 Å². The van der Waals surface area contributed by atoms with Crippen LogP contribution >= 0.6 is 7.82 Å². The average Bonchev–Trinajstić information content (AvgIpc) is 2.73. The van der Waals surface area contributed by atoms with Crippen molar-refractivity contribution in [1.29, 1.82) is 0 Å². The van der Waals surface area contributed by atoms with E-state index in [0.717, 1.165) is 0 Å². The molecule has 2 unspecified atom stereocenters. The van der Waals surface area contributed by atoms with Crippen LogP contribution in [0.3, 0.4) is 0 Å². The lowest BCUT2D eigenvalue weighted by molar-refractivity contribution is -0.870. The number of nitro groups is 2. The maximum atomic E-state index is 12.2. The molecule has 0 aliphatic carbocycles. The van der Waals surface area contributed by atoms with E-state index in [1.165, 1.54) is 12.2 Å². The zero-order chi connectivity index (χ0) is 27.9. The van der Waals surface area contributed by atoms with Crippen molar-refractivity contribution in [3.8, 4) is 0 Å². The molecule has 16 heteroatoms. The smallest absolute Gasteiger partial charge is 0.317 e. The Kier molecular flexibility index (Phi) is 14.9. The highest BCUT2D eigenvalue weighted by atomic mass is 31.2. The summed E-state index contributed by atoms with van der Waals surface area (Å²) in [6.45, 7) is 1.88. The maximum Gasteiger partial charge on any atom is 0.317 e. The Morgan fingerprint density at radius 1 is 0.917 bits per heavy atom. The number of nitrogens with zero attached hydrogens (tertiary/aromatic N) is 3. The normalized spacial score (nSPS) is 15.1. The molecule has 0 aliphatic heterocycles. The average molecular weight is 539 g/mol. The summed E-state index contributed by atoms with van der Waals surface area (Å²) in [6.07, 6.45) is 0.111. The lowest BCUT2D eigenvalue weighted by Gasteiger charge is -2.28. The van der Waals surface area contributed by atoms with Gasteiger partial charge in [0.15, 0.2) is 6.10 Å². The van der Waals surface area contributed by atoms with Crippen LogP contribution in [0.5, 0.6) is 0 Å². The van der Waals surface area contributed by atoms with Gasteiger partial charge in [0, 0.05) is 0 Å². The second-order valence-corrected chi connectivity index (χ2v) is 9.87. The number of allylic oxidation sites excluding steroid dienone is 2. The zero-order valence-electron chi connectivity index (χ0n) is 21.1. The minimum Gasteiger partial charge on any atom is -0.756 e. The highest BCUT2D eigenvalue weighted by molar-refractivity contribution is 7.45. The number of phosphoric acid groups is 1. The van der Waals surface area contributed by atoms with Gasteiger partial charge in [-0.3, -0.25) is 34.4 Å². The van der Waals surface area contributed by atoms with Crippen molar-refractivity contribution in [1.82, 2.24) is 0 Å². The summed E-state index contributed by atoms with van der Waals surface area (Å²) in [5, 5.41) is 22.0. The molecule has 0 aromatic heterocycles. The first-order valence-electron chi connectivity index (χ1n) is 11.0. The molecule has 0 saturated heterocycles. The minimum absolute atomic E-state index is 0.189. The standard InChI is InChI=1S/C20H34N3O12P/c1-6-8-16(21(26)27)12-19(24)32-14-18(35-20(25)13-17(9-7-2)22(28)29)15-34-36(30,31)33-11-10-23(3,4)5/h8-9,18H,6-7,10-15H2,1-5H3/b16-8+,17-9+. The fourth-order valence-electron chi connectivity index (χ4n) is 2.41. The summed E-state index contributed by atoms with van der Waals surface area (Å²) in [5.41, 5.74) is -0.833. The molecule has 36 heavy (non-hydrogen) atoms. The number of carbonyl (C=O) groups excluding carboxylic acids is 2. The lowest BCUT2D eigenvalue weighted by Crippen LogP contribution is -2.37. The first kappa shape index (κ1) is 33.3. The third kappa shape index (κ3) is 16.1. The third-order valence-corrected chi connectivity index (χ3v) is 5.12. The Labute approximate surface area is 209 Å². The zero-order valence-corrected chi connectivity index (χ0v) is 22.0. The third-order valence-electron chi connectivity index (χ3n) is 4.16. The van der Waals surface area contributed by atoms with Crippen LogP contribution in [0.4, 0.5) is 0 Å². The molecular formula is C20H34N3O12P. The van der Waals surface area contributed by atoms with E-state index in [4.69, 9.17) is 18.5 Å². The Morgan fingerprint density at radius 3 is 1.86 bits per heavy atom. The van der Waals surface area contributed by atoms with Crippen LogP contribution in [0.25, 0.3) is 0 Å². The number of hydrogen-bond donors (Lipinski definition) is 0. The van der Waals surface area contributed by atoms with Crippen LogP contribution in [0.1, 0.15) is 39.5 Å². The molecule has 15 nitrogen and oxygen atoms in total. The van der Waals surface area contributed by atoms with Gasteiger partial charge in [0.1, 0.15) is 32.6 Å². The number of phosphoric ester groups is 1. The molecule has 0 rings (SSSR count). The molecule has 0 bridgehead atoms. The maximum absolute atomic E-state index is 12.2. The second-order valence-electron chi connectivity index (χ2n) is 8.46. The van der Waals surface area contributed by atoms with E-state index in [2.05, 4.69) is 0 Å². The van der Waals surface area contributed by atoms with Gasteiger partial charge in [-0.25, -0.2) is 0 Å². The number of quaternary nitrogens is 1. The monoisotopic (exact) mass is 539 g/mol. The summed E-state index contributed by atoms with van der Waals surface area (Å²) in [6, 6.07) is 0. The predicted octanol–water partition coefficient (Wildman–Crippen LogP) is 1.57. The summed E-state index contributed by atoms with van der Waals surface area (Å²) < 4.78 is 31.9. The van der Waals surface area contributed by atoms with Crippen molar-refractivity contribution in [3.63, 3.8) is 0 Å². The summed E-state index contributed by atoms with van der Waals surface area (Å²) >= 11 is 0. The van der Waals surface area contributed by atoms with Gasteiger partial charge >= 0.3 is 11.9 Å². The number of ether oxygens (including phenoxy) is 2. The van der Waals surface area contributed by atoms with E-state index >= 15 is 0 Å². The van der Waals surface area contributed by atoms with Crippen LogP contribution in [0.2, 0.25) is 0 Å². The lowest BCUT2D eigenvalue weighted by atomic mass is 10.2. The Bertz CT molecular complexity index is 882. The van der Waals surface area contributed by atoms with Crippen molar-refractivity contribution in [3.05, 3.63) is 43.8 Å². The fraction of sp³-hybridized carbons (Fsp3) is 0.700. The van der Waals surface area contributed by atoms with Gasteiger partial charge in [-0.15, -0.1) is 0 Å². The van der Waals surface area contributed by atoms with Crippen LogP contribution in [-0.2, 0) is 32.7 Å². The van der Waals surface area contributed by atoms with E-state index in [-0.39, 0.29) is 13.0 Å². The van der Waals surface area contributed by atoms with E-state index in [0.29, 0.717) is 17.4 Å². The van der Waals surface area contributed by atoms with Crippen molar-refractivity contribution >= 4 is 19.8 Å². The molecule has 2 atom stereocenters. The number of rotatable bonds is 18. The largest absolute Gasteiger partial charge is 0.756 e.